The molecule has 0 spiro atoms. The van der Waals surface area contributed by atoms with Gasteiger partial charge in [-0.2, -0.15) is 0 Å². The normalized spacial score (nSPS) is 10.8. The van der Waals surface area contributed by atoms with Crippen LogP contribution in [0, 0.1) is 5.82 Å². The number of rotatable bonds is 10. The van der Waals surface area contributed by atoms with Gasteiger partial charge in [-0.1, -0.05) is 30.0 Å². The summed E-state index contributed by atoms with van der Waals surface area (Å²) < 4.78 is 26.6. The van der Waals surface area contributed by atoms with Crippen LogP contribution in [0.25, 0.3) is 0 Å². The molecular formula is C19H23FN5O2S+. The molecule has 0 amide bonds. The quantitative estimate of drug-likeness (QED) is 0.410. The fourth-order valence-corrected chi connectivity index (χ4v) is 3.36. The molecule has 0 atom stereocenters. The summed E-state index contributed by atoms with van der Waals surface area (Å²) >= 11 is 1.62. The van der Waals surface area contributed by atoms with Crippen molar-refractivity contribution in [2.45, 2.75) is 18.3 Å². The number of quaternary nitrogens is 1. The first-order valence-electron chi connectivity index (χ1n) is 8.87. The molecular weight excluding hydrogens is 381 g/mol. The molecule has 9 heteroatoms. The molecule has 0 saturated heterocycles. The van der Waals surface area contributed by atoms with Crippen LogP contribution in [-0.4, -0.2) is 39.6 Å². The van der Waals surface area contributed by atoms with Crippen molar-refractivity contribution in [3.63, 3.8) is 0 Å². The lowest BCUT2D eigenvalue weighted by molar-refractivity contribution is -0.666. The van der Waals surface area contributed by atoms with Crippen LogP contribution in [0.3, 0.4) is 0 Å². The highest BCUT2D eigenvalue weighted by atomic mass is 32.2. The van der Waals surface area contributed by atoms with E-state index in [0.717, 1.165) is 29.6 Å². The molecule has 0 aliphatic rings. The molecule has 0 aliphatic carbocycles. The van der Waals surface area contributed by atoms with E-state index in [9.17, 15) is 4.39 Å². The molecule has 1 heterocycles. The summed E-state index contributed by atoms with van der Waals surface area (Å²) in [6.07, 6.45) is 0. The van der Waals surface area contributed by atoms with Crippen molar-refractivity contribution in [1.29, 1.82) is 0 Å². The van der Waals surface area contributed by atoms with Gasteiger partial charge in [-0.3, -0.25) is 0 Å². The van der Waals surface area contributed by atoms with Gasteiger partial charge in [0.25, 0.3) is 0 Å². The zero-order valence-corrected chi connectivity index (χ0v) is 16.7. The smallest absolute Gasteiger partial charge is 0.209 e. The minimum atomic E-state index is -0.275. The van der Waals surface area contributed by atoms with Crippen molar-refractivity contribution in [3.05, 3.63) is 59.4 Å². The van der Waals surface area contributed by atoms with E-state index < -0.39 is 0 Å². The van der Waals surface area contributed by atoms with Gasteiger partial charge >= 0.3 is 0 Å². The lowest BCUT2D eigenvalue weighted by atomic mass is 10.2. The molecule has 3 rings (SSSR count). The predicted octanol–water partition coefficient (Wildman–Crippen LogP) is 1.79. The number of ether oxygens (including phenoxy) is 2. The lowest BCUT2D eigenvalue weighted by Crippen LogP contribution is -2.83. The van der Waals surface area contributed by atoms with Crippen molar-refractivity contribution in [3.8, 4) is 11.5 Å². The van der Waals surface area contributed by atoms with Crippen molar-refractivity contribution >= 4 is 11.8 Å². The maximum absolute atomic E-state index is 13.7. The second-order valence-electron chi connectivity index (χ2n) is 6.08. The summed E-state index contributed by atoms with van der Waals surface area (Å²) in [6.45, 7) is 1.91. The Kier molecular flexibility index (Phi) is 7.21. The van der Waals surface area contributed by atoms with Crippen molar-refractivity contribution in [2.24, 2.45) is 7.05 Å². The number of aryl methyl sites for hydroxylation is 1. The molecule has 0 radical (unpaired) electrons. The highest BCUT2D eigenvalue weighted by molar-refractivity contribution is 7.99. The Labute approximate surface area is 167 Å². The predicted molar refractivity (Wildman–Crippen MR) is 104 cm³/mol. The third kappa shape index (κ3) is 5.43. The van der Waals surface area contributed by atoms with Crippen molar-refractivity contribution in [2.75, 3.05) is 19.4 Å². The first-order valence-corrected chi connectivity index (χ1v) is 9.86. The number of hydrogen-bond acceptors (Lipinski definition) is 6. The number of nitrogens with two attached hydrogens (primary N) is 1. The molecule has 0 unspecified atom stereocenters. The number of thioether (sulfide) groups is 1. The number of benzene rings is 2. The van der Waals surface area contributed by atoms with Crippen LogP contribution in [-0.2, 0) is 20.2 Å². The van der Waals surface area contributed by atoms with Crippen molar-refractivity contribution in [1.82, 2.24) is 20.2 Å². The molecule has 28 heavy (non-hydrogen) atoms. The zero-order chi connectivity index (χ0) is 19.8. The van der Waals surface area contributed by atoms with Gasteiger partial charge in [-0.05, 0) is 34.7 Å². The van der Waals surface area contributed by atoms with E-state index in [0.29, 0.717) is 17.1 Å². The second kappa shape index (κ2) is 10.0. The van der Waals surface area contributed by atoms with Gasteiger partial charge in [-0.15, -0.1) is 5.10 Å². The van der Waals surface area contributed by atoms with E-state index in [1.165, 1.54) is 6.07 Å². The summed E-state index contributed by atoms with van der Waals surface area (Å²) in [7, 11) is 3.43. The monoisotopic (exact) mass is 404 g/mol. The number of nitrogens with zero attached hydrogens (tertiary/aromatic N) is 4. The Morgan fingerprint density at radius 3 is 2.79 bits per heavy atom. The number of aromatic nitrogens is 4. The molecule has 0 saturated carbocycles. The lowest BCUT2D eigenvalue weighted by Gasteiger charge is -2.12. The van der Waals surface area contributed by atoms with E-state index >= 15 is 0 Å². The van der Waals surface area contributed by atoms with Gasteiger partial charge in [0.15, 0.2) is 11.5 Å². The van der Waals surface area contributed by atoms with E-state index in [-0.39, 0.29) is 12.4 Å². The molecule has 1 aromatic heterocycles. The first kappa shape index (κ1) is 20.1. The zero-order valence-electron chi connectivity index (χ0n) is 15.8. The Morgan fingerprint density at radius 1 is 1.18 bits per heavy atom. The second-order valence-corrected chi connectivity index (χ2v) is 7.14. The highest BCUT2D eigenvalue weighted by Crippen LogP contribution is 2.28. The number of tetrazole rings is 1. The molecule has 7 nitrogen and oxygen atoms in total. The van der Waals surface area contributed by atoms with Crippen LogP contribution in [0.15, 0.2) is 47.6 Å². The largest absolute Gasteiger partial charge is 0.493 e. The summed E-state index contributed by atoms with van der Waals surface area (Å²) in [5.41, 5.74) is 1.64. The summed E-state index contributed by atoms with van der Waals surface area (Å²) in [6, 6.07) is 12.4. The van der Waals surface area contributed by atoms with E-state index in [1.54, 1.807) is 41.8 Å². The summed E-state index contributed by atoms with van der Waals surface area (Å²) in [4.78, 5) is 0. The number of hydrogen-bond donors (Lipinski definition) is 1. The third-order valence-electron chi connectivity index (χ3n) is 4.08. The summed E-state index contributed by atoms with van der Waals surface area (Å²) in [5, 5.41) is 14.4. The number of halogens is 1. The molecule has 148 valence electrons. The average molecular weight is 404 g/mol. The maximum Gasteiger partial charge on any atom is 0.209 e. The Balaban J connectivity index is 1.48. The minimum Gasteiger partial charge on any atom is -0.493 e. The molecule has 2 N–H and O–H groups in total. The van der Waals surface area contributed by atoms with Gasteiger partial charge < -0.3 is 14.8 Å². The van der Waals surface area contributed by atoms with Crippen LogP contribution >= 0.6 is 11.8 Å². The minimum absolute atomic E-state index is 0.155. The van der Waals surface area contributed by atoms with E-state index in [2.05, 4.69) is 20.8 Å². The van der Waals surface area contributed by atoms with Crippen LogP contribution in [0.4, 0.5) is 4.39 Å². The Hall–Kier alpha value is -2.65. The SMILES string of the molecule is COc1cc(C[NH2+]CCSc2nnnn2C)ccc1OCc1ccccc1F. The fourth-order valence-electron chi connectivity index (χ4n) is 2.57. The van der Waals surface area contributed by atoms with Gasteiger partial charge in [0.1, 0.15) is 19.0 Å². The molecule has 0 bridgehead atoms. The van der Waals surface area contributed by atoms with Crippen LogP contribution in [0.1, 0.15) is 11.1 Å². The molecule has 3 aromatic rings. The van der Waals surface area contributed by atoms with Gasteiger partial charge in [-0.25, -0.2) is 9.07 Å². The van der Waals surface area contributed by atoms with Crippen molar-refractivity contribution < 1.29 is 19.2 Å². The topological polar surface area (TPSA) is 78.7 Å². The molecule has 0 fully saturated rings. The molecule has 2 aromatic carbocycles. The number of methoxy groups -OCH3 is 1. The molecule has 0 aliphatic heterocycles. The third-order valence-corrected chi connectivity index (χ3v) is 5.13. The van der Waals surface area contributed by atoms with Crippen LogP contribution < -0.4 is 14.8 Å². The first-order chi connectivity index (χ1) is 13.7. The van der Waals surface area contributed by atoms with Gasteiger partial charge in [0, 0.05) is 18.2 Å². The fraction of sp³-hybridized carbons (Fsp3) is 0.316. The summed E-state index contributed by atoms with van der Waals surface area (Å²) in [5.74, 6) is 1.87. The van der Waals surface area contributed by atoms with E-state index in [1.807, 2.05) is 25.2 Å². The van der Waals surface area contributed by atoms with Gasteiger partial charge in [0.05, 0.1) is 19.4 Å². The standard InChI is InChI=1S/C19H22FN5O2S/c1-25-19(22-23-24-25)28-10-9-21-12-14-7-8-17(18(11-14)26-2)27-13-15-5-3-4-6-16(15)20/h3-8,11,21H,9-10,12-13H2,1-2H3/p+1. The Morgan fingerprint density at radius 2 is 2.04 bits per heavy atom. The Bertz CT molecular complexity index is 906. The average Bonchev–Trinajstić information content (AvgIpc) is 3.12. The van der Waals surface area contributed by atoms with Gasteiger partial charge in [0.2, 0.25) is 5.16 Å². The maximum atomic E-state index is 13.7. The van der Waals surface area contributed by atoms with E-state index in [4.69, 9.17) is 9.47 Å². The highest BCUT2D eigenvalue weighted by Gasteiger charge is 2.09. The van der Waals surface area contributed by atoms with Crippen LogP contribution in [0.5, 0.6) is 11.5 Å². The van der Waals surface area contributed by atoms with Crippen LogP contribution in [0.2, 0.25) is 0 Å².